The number of hydrogen-bond acceptors (Lipinski definition) is 5. The molecule has 0 N–H and O–H groups in total. The summed E-state index contributed by atoms with van der Waals surface area (Å²) in [5.74, 6) is -0.665. The molecule has 0 bridgehead atoms. The summed E-state index contributed by atoms with van der Waals surface area (Å²) in [6.07, 6.45) is 3.50. The molecule has 1 aromatic heterocycles. The monoisotopic (exact) mass is 444 g/mol. The fourth-order valence-corrected chi connectivity index (χ4v) is 5.24. The van der Waals surface area contributed by atoms with Gasteiger partial charge in [0, 0.05) is 57.7 Å². The second-order valence-corrected chi connectivity index (χ2v) is 9.48. The smallest absolute Gasteiger partial charge is 0.243 e. The summed E-state index contributed by atoms with van der Waals surface area (Å²) in [7, 11) is -1.83. The molecule has 0 radical (unpaired) electrons. The molecule has 1 saturated heterocycles. The number of benzene rings is 1. The topological polar surface area (TPSA) is 90.9 Å². The van der Waals surface area contributed by atoms with E-state index in [9.17, 15) is 18.0 Å². The maximum absolute atomic E-state index is 12.8. The molecule has 31 heavy (non-hydrogen) atoms. The number of pyridine rings is 1. The highest BCUT2D eigenvalue weighted by Gasteiger charge is 2.36. The second kappa shape index (κ2) is 9.57. The van der Waals surface area contributed by atoms with Gasteiger partial charge >= 0.3 is 0 Å². The predicted molar refractivity (Wildman–Crippen MR) is 118 cm³/mol. The maximum atomic E-state index is 12.8. The Morgan fingerprint density at radius 3 is 2.29 bits per heavy atom. The standard InChI is InChI=1S/C22H28N4O4S/c1-4-25(5-2)31(29,30)20-8-6-19(7-9-20)26-16-18(14-21(26)27)22(28)24(3)15-17-10-12-23-13-11-17/h6-13,18H,4-5,14-16H2,1-3H3. The lowest BCUT2D eigenvalue weighted by atomic mass is 10.1. The van der Waals surface area contributed by atoms with Crippen molar-refractivity contribution >= 4 is 27.5 Å². The van der Waals surface area contributed by atoms with Crippen molar-refractivity contribution in [1.82, 2.24) is 14.2 Å². The van der Waals surface area contributed by atoms with Gasteiger partial charge in [-0.25, -0.2) is 8.42 Å². The summed E-state index contributed by atoms with van der Waals surface area (Å²) in [4.78, 5) is 32.8. The Morgan fingerprint density at radius 2 is 1.71 bits per heavy atom. The van der Waals surface area contributed by atoms with Crippen LogP contribution in [0.15, 0.2) is 53.7 Å². The highest BCUT2D eigenvalue weighted by molar-refractivity contribution is 7.89. The number of aromatic nitrogens is 1. The van der Waals surface area contributed by atoms with Gasteiger partial charge in [0.15, 0.2) is 0 Å². The van der Waals surface area contributed by atoms with Crippen molar-refractivity contribution in [3.63, 3.8) is 0 Å². The van der Waals surface area contributed by atoms with Gasteiger partial charge in [-0.1, -0.05) is 13.8 Å². The number of anilines is 1. The van der Waals surface area contributed by atoms with E-state index in [0.29, 0.717) is 25.3 Å². The van der Waals surface area contributed by atoms with Crippen LogP contribution in [0.1, 0.15) is 25.8 Å². The summed E-state index contributed by atoms with van der Waals surface area (Å²) >= 11 is 0. The Morgan fingerprint density at radius 1 is 1.10 bits per heavy atom. The Labute approximate surface area is 183 Å². The van der Waals surface area contributed by atoms with Crippen molar-refractivity contribution in [1.29, 1.82) is 0 Å². The van der Waals surface area contributed by atoms with Crippen molar-refractivity contribution in [2.75, 3.05) is 31.6 Å². The van der Waals surface area contributed by atoms with Crippen LogP contribution in [0.3, 0.4) is 0 Å². The normalized spacial score (nSPS) is 16.7. The zero-order valence-electron chi connectivity index (χ0n) is 18.1. The molecule has 3 rings (SSSR count). The van der Waals surface area contributed by atoms with E-state index in [1.807, 2.05) is 12.1 Å². The van der Waals surface area contributed by atoms with Crippen molar-refractivity contribution in [3.8, 4) is 0 Å². The fraction of sp³-hybridized carbons (Fsp3) is 0.409. The Balaban J connectivity index is 1.69. The minimum Gasteiger partial charge on any atom is -0.341 e. The molecule has 1 aliphatic rings. The van der Waals surface area contributed by atoms with E-state index in [1.54, 1.807) is 55.2 Å². The lowest BCUT2D eigenvalue weighted by Crippen LogP contribution is -2.34. The van der Waals surface area contributed by atoms with Gasteiger partial charge in [0.05, 0.1) is 10.8 Å². The number of rotatable bonds is 8. The van der Waals surface area contributed by atoms with Crippen molar-refractivity contribution in [2.45, 2.75) is 31.7 Å². The molecule has 0 aliphatic carbocycles. The first kappa shape index (κ1) is 22.9. The van der Waals surface area contributed by atoms with E-state index >= 15 is 0 Å². The molecule has 1 aromatic carbocycles. The van der Waals surface area contributed by atoms with Gasteiger partial charge in [0.1, 0.15) is 0 Å². The third-order valence-electron chi connectivity index (χ3n) is 5.51. The number of nitrogens with zero attached hydrogens (tertiary/aromatic N) is 4. The van der Waals surface area contributed by atoms with Crippen LogP contribution in [0, 0.1) is 5.92 Å². The molecule has 8 nitrogen and oxygen atoms in total. The van der Waals surface area contributed by atoms with Gasteiger partial charge in [-0.15, -0.1) is 0 Å². The minimum atomic E-state index is -3.56. The van der Waals surface area contributed by atoms with Crippen LogP contribution in [0.5, 0.6) is 0 Å². The van der Waals surface area contributed by atoms with Gasteiger partial charge in [-0.3, -0.25) is 14.6 Å². The highest BCUT2D eigenvalue weighted by Crippen LogP contribution is 2.28. The summed E-state index contributed by atoms with van der Waals surface area (Å²) in [6, 6.07) is 9.99. The van der Waals surface area contributed by atoms with Crippen molar-refractivity contribution in [3.05, 3.63) is 54.4 Å². The number of amides is 2. The summed E-state index contributed by atoms with van der Waals surface area (Å²) < 4.78 is 26.7. The molecular formula is C22H28N4O4S. The van der Waals surface area contributed by atoms with E-state index in [-0.39, 0.29) is 29.7 Å². The first-order valence-electron chi connectivity index (χ1n) is 10.3. The Kier molecular flexibility index (Phi) is 7.07. The van der Waals surface area contributed by atoms with Crippen LogP contribution in [0.25, 0.3) is 0 Å². The second-order valence-electron chi connectivity index (χ2n) is 7.54. The molecule has 0 spiro atoms. The van der Waals surface area contributed by atoms with Crippen molar-refractivity contribution < 1.29 is 18.0 Å². The van der Waals surface area contributed by atoms with Gasteiger partial charge in [0.2, 0.25) is 21.8 Å². The third-order valence-corrected chi connectivity index (χ3v) is 7.58. The first-order valence-corrected chi connectivity index (χ1v) is 11.8. The largest absolute Gasteiger partial charge is 0.341 e. The van der Waals surface area contributed by atoms with Crippen molar-refractivity contribution in [2.24, 2.45) is 5.92 Å². The van der Waals surface area contributed by atoms with Crippen LogP contribution in [-0.4, -0.2) is 61.1 Å². The molecule has 2 heterocycles. The Bertz CT molecular complexity index is 1020. The van der Waals surface area contributed by atoms with E-state index in [1.165, 1.54) is 16.4 Å². The summed E-state index contributed by atoms with van der Waals surface area (Å²) in [6.45, 7) is 5.09. The van der Waals surface area contributed by atoms with E-state index in [2.05, 4.69) is 4.98 Å². The summed E-state index contributed by atoms with van der Waals surface area (Å²) in [5, 5.41) is 0. The van der Waals surface area contributed by atoms with E-state index in [4.69, 9.17) is 0 Å². The molecule has 1 atom stereocenters. The van der Waals surface area contributed by atoms with Crippen LogP contribution in [0.4, 0.5) is 5.69 Å². The molecule has 2 aromatic rings. The average molecular weight is 445 g/mol. The molecule has 1 fully saturated rings. The molecular weight excluding hydrogens is 416 g/mol. The maximum Gasteiger partial charge on any atom is 0.243 e. The lowest BCUT2D eigenvalue weighted by molar-refractivity contribution is -0.135. The van der Waals surface area contributed by atoms with Gasteiger partial charge in [-0.05, 0) is 42.0 Å². The molecule has 1 aliphatic heterocycles. The van der Waals surface area contributed by atoms with Crippen LogP contribution >= 0.6 is 0 Å². The SMILES string of the molecule is CCN(CC)S(=O)(=O)c1ccc(N2CC(C(=O)N(C)Cc3ccncc3)CC2=O)cc1. The average Bonchev–Trinajstić information content (AvgIpc) is 3.16. The minimum absolute atomic E-state index is 0.0895. The van der Waals surface area contributed by atoms with E-state index in [0.717, 1.165) is 5.56 Å². The molecule has 166 valence electrons. The van der Waals surface area contributed by atoms with E-state index < -0.39 is 15.9 Å². The number of sulfonamides is 1. The fourth-order valence-electron chi connectivity index (χ4n) is 3.78. The Hall–Kier alpha value is -2.78. The van der Waals surface area contributed by atoms with Gasteiger partial charge in [-0.2, -0.15) is 4.31 Å². The van der Waals surface area contributed by atoms with Crippen LogP contribution in [0.2, 0.25) is 0 Å². The van der Waals surface area contributed by atoms with Gasteiger partial charge < -0.3 is 9.80 Å². The zero-order valence-corrected chi connectivity index (χ0v) is 18.9. The summed E-state index contributed by atoms with van der Waals surface area (Å²) in [5.41, 5.74) is 1.56. The predicted octanol–water partition coefficient (Wildman–Crippen LogP) is 2.12. The van der Waals surface area contributed by atoms with Gasteiger partial charge in [0.25, 0.3) is 0 Å². The van der Waals surface area contributed by atoms with Crippen LogP contribution < -0.4 is 4.90 Å². The molecule has 1 unspecified atom stereocenters. The molecule has 2 amide bonds. The molecule has 9 heteroatoms. The number of hydrogen-bond donors (Lipinski definition) is 0. The highest BCUT2D eigenvalue weighted by atomic mass is 32.2. The number of carbonyl (C=O) groups excluding carboxylic acids is 2. The first-order chi connectivity index (χ1) is 14.8. The zero-order chi connectivity index (χ0) is 22.6. The van der Waals surface area contributed by atoms with Crippen LogP contribution in [-0.2, 0) is 26.2 Å². The molecule has 0 saturated carbocycles. The third kappa shape index (κ3) is 4.94. The lowest BCUT2D eigenvalue weighted by Gasteiger charge is -2.22. The number of carbonyl (C=O) groups is 2. The quantitative estimate of drug-likeness (QED) is 0.622.